The molecule has 0 fully saturated rings. The number of halogens is 6. The van der Waals surface area contributed by atoms with Gasteiger partial charge in [-0.05, 0) is 29.8 Å². The lowest BCUT2D eigenvalue weighted by Gasteiger charge is -2.33. The van der Waals surface area contributed by atoms with Crippen LogP contribution in [0.25, 0.3) is 0 Å². The SMILES string of the molecule is COc1cc(Cl)ccc1NC(=O)c1nn2c(c1Cl)NC(c1ccc(Br)cc1)CC2C(F)(F)F. The highest BCUT2D eigenvalue weighted by Gasteiger charge is 2.47. The summed E-state index contributed by atoms with van der Waals surface area (Å²) in [6.45, 7) is 0. The Morgan fingerprint density at radius 2 is 1.94 bits per heavy atom. The quantitative estimate of drug-likeness (QED) is 0.363. The molecule has 2 heterocycles. The molecular weight excluding hydrogens is 548 g/mol. The van der Waals surface area contributed by atoms with Crippen LogP contribution in [0.1, 0.15) is 34.6 Å². The van der Waals surface area contributed by atoms with Gasteiger partial charge in [-0.2, -0.15) is 18.3 Å². The Bertz CT molecular complexity index is 1200. The fourth-order valence-corrected chi connectivity index (χ4v) is 4.29. The Balaban J connectivity index is 1.70. The molecule has 3 aromatic rings. The molecule has 0 saturated carbocycles. The molecule has 2 aromatic carbocycles. The number of anilines is 2. The number of methoxy groups -OCH3 is 1. The van der Waals surface area contributed by atoms with Crippen molar-refractivity contribution in [3.8, 4) is 5.75 Å². The number of carbonyl (C=O) groups excluding carboxylic acids is 1. The van der Waals surface area contributed by atoms with E-state index in [0.717, 1.165) is 9.15 Å². The number of benzene rings is 2. The van der Waals surface area contributed by atoms with Crippen molar-refractivity contribution in [2.45, 2.75) is 24.7 Å². The second-order valence-electron chi connectivity index (χ2n) is 7.30. The number of nitrogens with zero attached hydrogens (tertiary/aromatic N) is 2. The van der Waals surface area contributed by atoms with Crippen LogP contribution in [0.15, 0.2) is 46.9 Å². The first-order valence-corrected chi connectivity index (χ1v) is 11.1. The molecule has 0 spiro atoms. The zero-order valence-corrected chi connectivity index (χ0v) is 20.0. The van der Waals surface area contributed by atoms with E-state index < -0.39 is 24.2 Å². The lowest BCUT2D eigenvalue weighted by Crippen LogP contribution is -2.35. The number of hydrogen-bond acceptors (Lipinski definition) is 4. The van der Waals surface area contributed by atoms with Gasteiger partial charge in [-0.1, -0.05) is 51.3 Å². The summed E-state index contributed by atoms with van der Waals surface area (Å²) in [7, 11) is 1.39. The molecule has 12 heteroatoms. The second kappa shape index (κ2) is 9.08. The van der Waals surface area contributed by atoms with Crippen LogP contribution in [0.4, 0.5) is 24.7 Å². The predicted octanol–water partition coefficient (Wildman–Crippen LogP) is 6.87. The fourth-order valence-electron chi connectivity index (χ4n) is 3.60. The van der Waals surface area contributed by atoms with Gasteiger partial charge < -0.3 is 15.4 Å². The van der Waals surface area contributed by atoms with Gasteiger partial charge in [0.2, 0.25) is 0 Å². The molecule has 2 unspecified atom stereocenters. The van der Waals surface area contributed by atoms with E-state index in [-0.39, 0.29) is 34.4 Å². The molecule has 1 aliphatic rings. The third-order valence-electron chi connectivity index (χ3n) is 5.19. The average molecular weight is 564 g/mol. The molecule has 6 nitrogen and oxygen atoms in total. The van der Waals surface area contributed by atoms with E-state index in [0.29, 0.717) is 10.6 Å². The number of fused-ring (bicyclic) bond motifs is 1. The van der Waals surface area contributed by atoms with Crippen LogP contribution < -0.4 is 15.4 Å². The fraction of sp³-hybridized carbons (Fsp3) is 0.238. The van der Waals surface area contributed by atoms with E-state index in [2.05, 4.69) is 31.7 Å². The summed E-state index contributed by atoms with van der Waals surface area (Å²) >= 11 is 15.6. The zero-order chi connectivity index (χ0) is 23.9. The van der Waals surface area contributed by atoms with Gasteiger partial charge in [-0.3, -0.25) is 4.79 Å². The molecule has 0 radical (unpaired) electrons. The highest BCUT2D eigenvalue weighted by Crippen LogP contribution is 2.46. The Morgan fingerprint density at radius 1 is 1.24 bits per heavy atom. The van der Waals surface area contributed by atoms with Crippen LogP contribution in [-0.4, -0.2) is 29.0 Å². The molecule has 0 bridgehead atoms. The number of amides is 1. The van der Waals surface area contributed by atoms with Gasteiger partial charge in [-0.15, -0.1) is 0 Å². The number of aromatic nitrogens is 2. The van der Waals surface area contributed by atoms with Crippen molar-refractivity contribution in [1.82, 2.24) is 9.78 Å². The van der Waals surface area contributed by atoms with Gasteiger partial charge in [0, 0.05) is 22.0 Å². The number of nitrogens with one attached hydrogen (secondary N) is 2. The van der Waals surface area contributed by atoms with Crippen molar-refractivity contribution in [3.63, 3.8) is 0 Å². The Hall–Kier alpha value is -2.43. The predicted molar refractivity (Wildman–Crippen MR) is 123 cm³/mol. The number of ether oxygens (including phenoxy) is 1. The molecule has 2 atom stereocenters. The van der Waals surface area contributed by atoms with E-state index in [9.17, 15) is 18.0 Å². The first-order valence-electron chi connectivity index (χ1n) is 9.60. The second-order valence-corrected chi connectivity index (χ2v) is 9.03. The molecule has 1 aliphatic heterocycles. The van der Waals surface area contributed by atoms with Gasteiger partial charge in [0.1, 0.15) is 16.6 Å². The van der Waals surface area contributed by atoms with Crippen molar-refractivity contribution in [1.29, 1.82) is 0 Å². The third kappa shape index (κ3) is 4.78. The van der Waals surface area contributed by atoms with Crippen molar-refractivity contribution >= 4 is 56.5 Å². The van der Waals surface area contributed by atoms with Crippen LogP contribution in [-0.2, 0) is 0 Å². The maximum Gasteiger partial charge on any atom is 0.410 e. The molecular formula is C21H16BrCl2F3N4O2. The van der Waals surface area contributed by atoms with Gasteiger partial charge in [0.15, 0.2) is 11.7 Å². The lowest BCUT2D eigenvalue weighted by atomic mass is 9.97. The van der Waals surface area contributed by atoms with E-state index in [4.69, 9.17) is 27.9 Å². The summed E-state index contributed by atoms with van der Waals surface area (Å²) in [5.41, 5.74) is 0.566. The summed E-state index contributed by atoms with van der Waals surface area (Å²) < 4.78 is 48.5. The first kappa shape index (κ1) is 23.7. The molecule has 33 heavy (non-hydrogen) atoms. The number of carbonyl (C=O) groups is 1. The Labute approximate surface area is 205 Å². The highest BCUT2D eigenvalue weighted by atomic mass is 79.9. The van der Waals surface area contributed by atoms with E-state index in [1.54, 1.807) is 24.3 Å². The molecule has 0 aliphatic carbocycles. The summed E-state index contributed by atoms with van der Waals surface area (Å²) in [6, 6.07) is 8.79. The maximum atomic E-state index is 13.9. The summed E-state index contributed by atoms with van der Waals surface area (Å²) in [5.74, 6) is -0.589. The van der Waals surface area contributed by atoms with Crippen LogP contribution in [0, 0.1) is 0 Å². The molecule has 2 N–H and O–H groups in total. The van der Waals surface area contributed by atoms with Crippen molar-refractivity contribution in [3.05, 3.63) is 68.2 Å². The number of rotatable bonds is 4. The summed E-state index contributed by atoms with van der Waals surface area (Å²) in [4.78, 5) is 12.9. The standard InChI is InChI=1S/C21H16BrCl2F3N4O2/c1-33-15-8-12(23)6-7-13(15)29-20(32)18-17(24)19-28-14(10-2-4-11(22)5-3-10)9-16(21(25,26)27)31(19)30-18/h2-8,14,16,28H,9H2,1H3,(H,29,32). The Morgan fingerprint density at radius 3 is 2.58 bits per heavy atom. The topological polar surface area (TPSA) is 68.2 Å². The zero-order valence-electron chi connectivity index (χ0n) is 16.9. The van der Waals surface area contributed by atoms with Crippen LogP contribution in [0.3, 0.4) is 0 Å². The normalized spacial score (nSPS) is 17.8. The number of hydrogen-bond donors (Lipinski definition) is 2. The first-order chi connectivity index (χ1) is 15.6. The van der Waals surface area contributed by atoms with E-state index >= 15 is 0 Å². The average Bonchev–Trinajstić information content (AvgIpc) is 3.10. The molecule has 0 saturated heterocycles. The lowest BCUT2D eigenvalue weighted by molar-refractivity contribution is -0.173. The largest absolute Gasteiger partial charge is 0.495 e. The van der Waals surface area contributed by atoms with Gasteiger partial charge >= 0.3 is 6.18 Å². The Kier molecular flexibility index (Phi) is 6.52. The van der Waals surface area contributed by atoms with Crippen molar-refractivity contribution in [2.24, 2.45) is 0 Å². The molecule has 1 aromatic heterocycles. The number of alkyl halides is 3. The summed E-state index contributed by atoms with van der Waals surface area (Å²) in [5, 5.41) is 9.66. The third-order valence-corrected chi connectivity index (χ3v) is 6.32. The smallest absolute Gasteiger partial charge is 0.410 e. The minimum Gasteiger partial charge on any atom is -0.495 e. The molecule has 4 rings (SSSR count). The van der Waals surface area contributed by atoms with E-state index in [1.165, 1.54) is 25.3 Å². The van der Waals surface area contributed by atoms with Gasteiger partial charge in [0.25, 0.3) is 5.91 Å². The van der Waals surface area contributed by atoms with E-state index in [1.807, 2.05) is 0 Å². The minimum absolute atomic E-state index is 0.0774. The monoisotopic (exact) mass is 562 g/mol. The van der Waals surface area contributed by atoms with Gasteiger partial charge in [-0.25, -0.2) is 4.68 Å². The highest BCUT2D eigenvalue weighted by molar-refractivity contribution is 9.10. The van der Waals surface area contributed by atoms with Crippen LogP contribution in [0.5, 0.6) is 5.75 Å². The summed E-state index contributed by atoms with van der Waals surface area (Å²) in [6.07, 6.45) is -4.92. The van der Waals surface area contributed by atoms with Crippen LogP contribution in [0.2, 0.25) is 10.0 Å². The van der Waals surface area contributed by atoms with Gasteiger partial charge in [0.05, 0.1) is 18.8 Å². The maximum absolute atomic E-state index is 13.9. The minimum atomic E-state index is -4.60. The van der Waals surface area contributed by atoms with Crippen molar-refractivity contribution in [2.75, 3.05) is 17.7 Å². The molecule has 174 valence electrons. The molecule has 1 amide bonds. The van der Waals surface area contributed by atoms with Crippen molar-refractivity contribution < 1.29 is 22.7 Å². The van der Waals surface area contributed by atoms with Crippen LogP contribution >= 0.6 is 39.1 Å².